The molecule has 0 radical (unpaired) electrons. The number of hydrogen-bond acceptors (Lipinski definition) is 3. The van der Waals surface area contributed by atoms with Crippen LogP contribution >= 0.6 is 15.9 Å². The topological polar surface area (TPSA) is 63.2 Å². The zero-order chi connectivity index (χ0) is 14.0. The van der Waals surface area contributed by atoms with E-state index in [9.17, 15) is 26.4 Å². The first-order valence-corrected chi connectivity index (χ1v) is 7.06. The molecule has 0 aromatic heterocycles. The number of halogens is 4. The molecule has 0 fully saturated rings. The third-order valence-electron chi connectivity index (χ3n) is 1.89. The minimum absolute atomic E-state index is 0.0701. The van der Waals surface area contributed by atoms with Gasteiger partial charge in [-0.25, -0.2) is 0 Å². The maximum Gasteiger partial charge on any atom is 0.516 e. The molecule has 1 rings (SSSR count). The first-order chi connectivity index (χ1) is 8.17. The number of Topliss-reactive ketones (excluding diaryl/α,β-unsaturated/α-hetero) is 1. The van der Waals surface area contributed by atoms with Crippen LogP contribution in [0.15, 0.2) is 24.3 Å². The van der Waals surface area contributed by atoms with E-state index < -0.39 is 15.5 Å². The van der Waals surface area contributed by atoms with E-state index in [2.05, 4.69) is 15.9 Å². The van der Waals surface area contributed by atoms with Crippen molar-refractivity contribution in [1.82, 2.24) is 0 Å². The number of alkyl halides is 4. The molecule has 0 aliphatic carbocycles. The van der Waals surface area contributed by atoms with Crippen LogP contribution < -0.4 is 4.72 Å². The fourth-order valence-electron chi connectivity index (χ4n) is 1.01. The van der Waals surface area contributed by atoms with Gasteiger partial charge in [-0.2, -0.15) is 21.6 Å². The molecule has 0 spiro atoms. The monoisotopic (exact) mass is 345 g/mol. The molecule has 0 bridgehead atoms. The lowest BCUT2D eigenvalue weighted by Crippen LogP contribution is -2.29. The van der Waals surface area contributed by atoms with Crippen molar-refractivity contribution in [3.8, 4) is 0 Å². The Kier molecular flexibility index (Phi) is 4.38. The lowest BCUT2D eigenvalue weighted by Gasteiger charge is -2.10. The predicted octanol–water partition coefficient (Wildman–Crippen LogP) is 2.53. The summed E-state index contributed by atoms with van der Waals surface area (Å²) in [7, 11) is -5.43. The molecular formula is C9H7BrF3NO3S. The van der Waals surface area contributed by atoms with Crippen molar-refractivity contribution < 1.29 is 26.4 Å². The van der Waals surface area contributed by atoms with Gasteiger partial charge in [-0.3, -0.25) is 9.52 Å². The molecule has 0 saturated carbocycles. The van der Waals surface area contributed by atoms with Gasteiger partial charge in [-0.1, -0.05) is 15.9 Å². The number of carbonyl (C=O) groups is 1. The quantitative estimate of drug-likeness (QED) is 0.673. The summed E-state index contributed by atoms with van der Waals surface area (Å²) in [5.41, 5.74) is -5.38. The molecule has 0 amide bonds. The molecule has 100 valence electrons. The van der Waals surface area contributed by atoms with Crippen LogP contribution in [0, 0.1) is 0 Å². The van der Waals surface area contributed by atoms with Gasteiger partial charge < -0.3 is 0 Å². The fourth-order valence-corrected chi connectivity index (χ4v) is 1.90. The summed E-state index contributed by atoms with van der Waals surface area (Å²) < 4.78 is 59.1. The van der Waals surface area contributed by atoms with Crippen LogP contribution in [0.2, 0.25) is 0 Å². The van der Waals surface area contributed by atoms with Crippen molar-refractivity contribution in [3.05, 3.63) is 29.8 Å². The van der Waals surface area contributed by atoms with Crippen LogP contribution in [0.4, 0.5) is 18.9 Å². The van der Waals surface area contributed by atoms with Gasteiger partial charge >= 0.3 is 15.5 Å². The summed E-state index contributed by atoms with van der Waals surface area (Å²) in [6.07, 6.45) is 0. The largest absolute Gasteiger partial charge is 0.516 e. The van der Waals surface area contributed by atoms with Gasteiger partial charge in [0.25, 0.3) is 0 Å². The van der Waals surface area contributed by atoms with E-state index in [1.165, 1.54) is 16.9 Å². The lowest BCUT2D eigenvalue weighted by atomic mass is 10.1. The second kappa shape index (κ2) is 5.27. The van der Waals surface area contributed by atoms with E-state index in [0.29, 0.717) is 0 Å². The normalized spacial score (nSPS) is 12.2. The van der Waals surface area contributed by atoms with Gasteiger partial charge in [0.15, 0.2) is 5.78 Å². The lowest BCUT2D eigenvalue weighted by molar-refractivity contribution is -0.0429. The molecule has 0 unspecified atom stereocenters. The SMILES string of the molecule is O=C(CBr)c1ccc(NS(=O)(=O)C(F)(F)F)cc1. The van der Waals surface area contributed by atoms with Crippen LogP contribution in [0.25, 0.3) is 0 Å². The van der Waals surface area contributed by atoms with Crippen LogP contribution in [0.1, 0.15) is 10.4 Å². The maximum absolute atomic E-state index is 12.1. The highest BCUT2D eigenvalue weighted by atomic mass is 79.9. The summed E-state index contributed by atoms with van der Waals surface area (Å²) in [6, 6.07) is 4.63. The van der Waals surface area contributed by atoms with Gasteiger partial charge in [0.1, 0.15) is 0 Å². The minimum atomic E-state index is -5.43. The zero-order valence-corrected chi connectivity index (χ0v) is 11.1. The molecule has 18 heavy (non-hydrogen) atoms. The molecule has 0 aliphatic rings. The second-order valence-corrected chi connectivity index (χ2v) is 5.42. The molecule has 1 aromatic carbocycles. The average molecular weight is 346 g/mol. The minimum Gasteiger partial charge on any atom is -0.293 e. The molecule has 4 nitrogen and oxygen atoms in total. The van der Waals surface area contributed by atoms with Crippen LogP contribution in [0.3, 0.4) is 0 Å². The number of rotatable bonds is 4. The van der Waals surface area contributed by atoms with E-state index in [-0.39, 0.29) is 22.4 Å². The van der Waals surface area contributed by atoms with E-state index in [4.69, 9.17) is 0 Å². The number of ketones is 1. The van der Waals surface area contributed by atoms with Crippen molar-refractivity contribution in [1.29, 1.82) is 0 Å². The zero-order valence-electron chi connectivity index (χ0n) is 8.66. The van der Waals surface area contributed by atoms with Crippen molar-refractivity contribution >= 4 is 37.4 Å². The fraction of sp³-hybridized carbons (Fsp3) is 0.222. The number of sulfonamides is 1. The third kappa shape index (κ3) is 3.45. The van der Waals surface area contributed by atoms with Gasteiger partial charge in [-0.15, -0.1) is 0 Å². The van der Waals surface area contributed by atoms with Crippen LogP contribution in [0.5, 0.6) is 0 Å². The van der Waals surface area contributed by atoms with Crippen LogP contribution in [-0.4, -0.2) is 25.0 Å². The first-order valence-electron chi connectivity index (χ1n) is 4.45. The van der Waals surface area contributed by atoms with E-state index in [1.807, 2.05) is 0 Å². The van der Waals surface area contributed by atoms with Crippen molar-refractivity contribution in [2.45, 2.75) is 5.51 Å². The summed E-state index contributed by atoms with van der Waals surface area (Å²) >= 11 is 2.94. The Morgan fingerprint density at radius 1 is 1.22 bits per heavy atom. The molecule has 0 saturated heterocycles. The summed E-state index contributed by atoms with van der Waals surface area (Å²) in [4.78, 5) is 11.2. The van der Waals surface area contributed by atoms with Gasteiger partial charge in [-0.05, 0) is 24.3 Å². The molecule has 0 atom stereocenters. The Balaban J connectivity index is 2.92. The predicted molar refractivity (Wildman–Crippen MR) is 63.2 cm³/mol. The molecule has 1 N–H and O–H groups in total. The third-order valence-corrected chi connectivity index (χ3v) is 3.51. The number of hydrogen-bond donors (Lipinski definition) is 1. The van der Waals surface area contributed by atoms with Gasteiger partial charge in [0.05, 0.1) is 5.33 Å². The highest BCUT2D eigenvalue weighted by molar-refractivity contribution is 9.09. The molecule has 0 heterocycles. The summed E-state index contributed by atoms with van der Waals surface area (Å²) in [6.45, 7) is 0. The highest BCUT2D eigenvalue weighted by Crippen LogP contribution is 2.25. The summed E-state index contributed by atoms with van der Waals surface area (Å²) in [5.74, 6) is -0.264. The molecule has 0 aliphatic heterocycles. The smallest absolute Gasteiger partial charge is 0.293 e. The molecule has 1 aromatic rings. The second-order valence-electron chi connectivity index (χ2n) is 3.19. The molecular weight excluding hydrogens is 339 g/mol. The first kappa shape index (κ1) is 15.0. The van der Waals surface area contributed by atoms with Gasteiger partial charge in [0.2, 0.25) is 0 Å². The Morgan fingerprint density at radius 3 is 2.11 bits per heavy atom. The summed E-state index contributed by atoms with van der Waals surface area (Å²) in [5, 5.41) is 0.0701. The number of nitrogens with one attached hydrogen (secondary N) is 1. The standard InChI is InChI=1S/C9H7BrF3NO3S/c10-5-8(15)6-1-3-7(4-2-6)14-18(16,17)9(11,12)13/h1-4,14H,5H2. The average Bonchev–Trinajstić information content (AvgIpc) is 2.27. The Morgan fingerprint density at radius 2 is 1.72 bits per heavy atom. The number of carbonyl (C=O) groups excluding carboxylic acids is 1. The Hall–Kier alpha value is -1.09. The van der Waals surface area contributed by atoms with E-state index in [1.54, 1.807) is 0 Å². The Bertz CT molecular complexity index is 539. The maximum atomic E-state index is 12.1. The van der Waals surface area contributed by atoms with Crippen molar-refractivity contribution in [2.24, 2.45) is 0 Å². The number of benzene rings is 1. The molecule has 9 heteroatoms. The number of anilines is 1. The van der Waals surface area contributed by atoms with E-state index >= 15 is 0 Å². The van der Waals surface area contributed by atoms with Gasteiger partial charge in [0, 0.05) is 11.3 Å². The van der Waals surface area contributed by atoms with Crippen molar-refractivity contribution in [3.63, 3.8) is 0 Å². The van der Waals surface area contributed by atoms with Crippen LogP contribution in [-0.2, 0) is 10.0 Å². The Labute approximate surface area is 109 Å². The van der Waals surface area contributed by atoms with E-state index in [0.717, 1.165) is 12.1 Å². The highest BCUT2D eigenvalue weighted by Gasteiger charge is 2.45. The van der Waals surface area contributed by atoms with Crippen molar-refractivity contribution in [2.75, 3.05) is 10.1 Å².